The molecule has 0 unspecified atom stereocenters. The highest BCUT2D eigenvalue weighted by Crippen LogP contribution is 2.29. The number of rotatable bonds is 2. The zero-order valence-electron chi connectivity index (χ0n) is 13.2. The van der Waals surface area contributed by atoms with Crippen LogP contribution in [-0.2, 0) is 0 Å². The maximum absolute atomic E-state index is 2.30. The van der Waals surface area contributed by atoms with Crippen molar-refractivity contribution in [1.82, 2.24) is 0 Å². The van der Waals surface area contributed by atoms with Crippen molar-refractivity contribution in [2.24, 2.45) is 0 Å². The number of anilines is 2. The fourth-order valence-corrected chi connectivity index (χ4v) is 2.99. The zero-order chi connectivity index (χ0) is 15.0. The lowest BCUT2D eigenvalue weighted by atomic mass is 10.1. The highest BCUT2D eigenvalue weighted by atomic mass is 15.3. The van der Waals surface area contributed by atoms with Gasteiger partial charge in [-0.15, -0.1) is 0 Å². The van der Waals surface area contributed by atoms with E-state index in [0.29, 0.717) is 0 Å². The molecule has 0 N–H and O–H groups in total. The van der Waals surface area contributed by atoms with Crippen LogP contribution in [0.25, 0.3) is 0 Å². The molecule has 2 heteroatoms. The number of benzene rings is 2. The first kappa shape index (κ1) is 13.7. The van der Waals surface area contributed by atoms with Crippen molar-refractivity contribution in [2.75, 3.05) is 16.5 Å². The lowest BCUT2D eigenvalue weighted by molar-refractivity contribution is 0.964. The smallest absolute Gasteiger partial charge is 0.0989 e. The van der Waals surface area contributed by atoms with Gasteiger partial charge >= 0.3 is 0 Å². The molecule has 2 aromatic rings. The minimum atomic E-state index is 0.869. The van der Waals surface area contributed by atoms with Crippen LogP contribution in [0.2, 0.25) is 0 Å². The molecule has 0 bridgehead atoms. The van der Waals surface area contributed by atoms with E-state index in [-0.39, 0.29) is 0 Å². The van der Waals surface area contributed by atoms with E-state index in [9.17, 15) is 0 Å². The molecule has 0 saturated carbocycles. The van der Waals surface area contributed by atoms with Crippen molar-refractivity contribution in [2.45, 2.75) is 27.7 Å². The van der Waals surface area contributed by atoms with Crippen molar-refractivity contribution in [1.29, 1.82) is 0 Å². The van der Waals surface area contributed by atoms with Gasteiger partial charge in [0.2, 0.25) is 0 Å². The molecule has 1 aliphatic rings. The molecule has 108 valence electrons. The van der Waals surface area contributed by atoms with Crippen LogP contribution in [0.5, 0.6) is 0 Å². The van der Waals surface area contributed by atoms with E-state index in [1.807, 2.05) is 0 Å². The maximum atomic E-state index is 2.30. The SMILES string of the molecule is Cc1ccc(N2C=CN(c3ccc(C)cc3C)C2)c(C)c1. The Morgan fingerprint density at radius 3 is 1.48 bits per heavy atom. The first-order chi connectivity index (χ1) is 10.0. The maximum Gasteiger partial charge on any atom is 0.0989 e. The van der Waals surface area contributed by atoms with Crippen LogP contribution in [0.15, 0.2) is 48.8 Å². The Morgan fingerprint density at radius 1 is 0.667 bits per heavy atom. The van der Waals surface area contributed by atoms with Crippen LogP contribution < -0.4 is 9.80 Å². The molecule has 1 heterocycles. The molecular weight excluding hydrogens is 256 g/mol. The van der Waals surface area contributed by atoms with Gasteiger partial charge in [-0.25, -0.2) is 0 Å². The predicted octanol–water partition coefficient (Wildman–Crippen LogP) is 4.68. The van der Waals surface area contributed by atoms with Crippen LogP contribution >= 0.6 is 0 Å². The summed E-state index contributed by atoms with van der Waals surface area (Å²) >= 11 is 0. The molecule has 0 saturated heterocycles. The average Bonchev–Trinajstić information content (AvgIpc) is 2.87. The van der Waals surface area contributed by atoms with Crippen LogP contribution in [0.4, 0.5) is 11.4 Å². The lowest BCUT2D eigenvalue weighted by Gasteiger charge is -2.24. The van der Waals surface area contributed by atoms with Gasteiger partial charge < -0.3 is 9.80 Å². The number of hydrogen-bond acceptors (Lipinski definition) is 2. The number of nitrogens with zero attached hydrogens (tertiary/aromatic N) is 2. The molecule has 1 aliphatic heterocycles. The molecule has 0 aromatic heterocycles. The number of aryl methyl sites for hydroxylation is 4. The Morgan fingerprint density at radius 2 is 1.10 bits per heavy atom. The van der Waals surface area contributed by atoms with Crippen LogP contribution in [0.1, 0.15) is 22.3 Å². The van der Waals surface area contributed by atoms with Gasteiger partial charge in [0, 0.05) is 23.8 Å². The van der Waals surface area contributed by atoms with Crippen molar-refractivity contribution < 1.29 is 0 Å². The summed E-state index contributed by atoms with van der Waals surface area (Å²) in [5, 5.41) is 0. The lowest BCUT2D eigenvalue weighted by Crippen LogP contribution is -2.25. The molecule has 2 nitrogen and oxygen atoms in total. The van der Waals surface area contributed by atoms with Gasteiger partial charge in [0.1, 0.15) is 0 Å². The van der Waals surface area contributed by atoms with Crippen molar-refractivity contribution in [3.63, 3.8) is 0 Å². The van der Waals surface area contributed by atoms with E-state index >= 15 is 0 Å². The summed E-state index contributed by atoms with van der Waals surface area (Å²) in [5.74, 6) is 0. The second kappa shape index (κ2) is 5.28. The Kier molecular flexibility index (Phi) is 3.46. The van der Waals surface area contributed by atoms with E-state index in [0.717, 1.165) is 6.67 Å². The second-order valence-electron chi connectivity index (χ2n) is 5.96. The molecule has 3 rings (SSSR count). The quantitative estimate of drug-likeness (QED) is 0.787. The van der Waals surface area contributed by atoms with Crippen LogP contribution in [-0.4, -0.2) is 6.67 Å². The fraction of sp³-hybridized carbons (Fsp3) is 0.263. The Labute approximate surface area is 127 Å². The Balaban J connectivity index is 1.84. The highest BCUT2D eigenvalue weighted by Gasteiger charge is 2.17. The largest absolute Gasteiger partial charge is 0.328 e. The van der Waals surface area contributed by atoms with Gasteiger partial charge in [-0.2, -0.15) is 0 Å². The monoisotopic (exact) mass is 278 g/mol. The topological polar surface area (TPSA) is 6.48 Å². The minimum absolute atomic E-state index is 0.869. The molecule has 21 heavy (non-hydrogen) atoms. The molecule has 0 aliphatic carbocycles. The average molecular weight is 278 g/mol. The van der Waals surface area contributed by atoms with E-state index in [4.69, 9.17) is 0 Å². The van der Waals surface area contributed by atoms with E-state index < -0.39 is 0 Å². The van der Waals surface area contributed by atoms with E-state index in [1.54, 1.807) is 0 Å². The van der Waals surface area contributed by atoms with Crippen molar-refractivity contribution in [3.8, 4) is 0 Å². The minimum Gasteiger partial charge on any atom is -0.328 e. The Bertz CT molecular complexity index is 641. The zero-order valence-corrected chi connectivity index (χ0v) is 13.2. The van der Waals surface area contributed by atoms with Crippen molar-refractivity contribution in [3.05, 3.63) is 71.1 Å². The molecule has 0 fully saturated rings. The summed E-state index contributed by atoms with van der Waals surface area (Å²) in [4.78, 5) is 4.60. The first-order valence-corrected chi connectivity index (χ1v) is 7.41. The normalized spacial score (nSPS) is 14.1. The van der Waals surface area contributed by atoms with Gasteiger partial charge in [-0.3, -0.25) is 0 Å². The third-order valence-corrected chi connectivity index (χ3v) is 4.05. The summed E-state index contributed by atoms with van der Waals surface area (Å²) in [6.45, 7) is 9.50. The standard InChI is InChI=1S/C19H22N2/c1-14-5-7-18(16(3)11-14)20-9-10-21(13-20)19-8-6-15(2)12-17(19)4/h5-12H,13H2,1-4H3. The molecular formula is C19H22N2. The summed E-state index contributed by atoms with van der Waals surface area (Å²) in [7, 11) is 0. The molecule has 0 amide bonds. The highest BCUT2D eigenvalue weighted by molar-refractivity contribution is 5.64. The number of hydrogen-bond donors (Lipinski definition) is 0. The van der Waals surface area contributed by atoms with Gasteiger partial charge in [0.15, 0.2) is 0 Å². The van der Waals surface area contributed by atoms with Crippen molar-refractivity contribution >= 4 is 11.4 Å². The molecule has 0 spiro atoms. The summed E-state index contributed by atoms with van der Waals surface area (Å²) in [5.41, 5.74) is 7.83. The van der Waals surface area contributed by atoms with Gasteiger partial charge in [0.25, 0.3) is 0 Å². The van der Waals surface area contributed by atoms with Gasteiger partial charge in [-0.1, -0.05) is 35.4 Å². The summed E-state index contributed by atoms with van der Waals surface area (Å²) in [6.07, 6.45) is 4.33. The Hall–Kier alpha value is -2.22. The molecule has 0 radical (unpaired) electrons. The fourth-order valence-electron chi connectivity index (χ4n) is 2.99. The van der Waals surface area contributed by atoms with Crippen LogP contribution in [0, 0.1) is 27.7 Å². The predicted molar refractivity (Wildman–Crippen MR) is 90.8 cm³/mol. The second-order valence-corrected chi connectivity index (χ2v) is 5.96. The third kappa shape index (κ3) is 2.66. The first-order valence-electron chi connectivity index (χ1n) is 7.41. The summed E-state index contributed by atoms with van der Waals surface area (Å²) in [6, 6.07) is 13.2. The molecule has 0 atom stereocenters. The molecule has 2 aromatic carbocycles. The van der Waals surface area contributed by atoms with Gasteiger partial charge in [-0.05, 0) is 51.0 Å². The third-order valence-electron chi connectivity index (χ3n) is 4.05. The summed E-state index contributed by atoms with van der Waals surface area (Å²) < 4.78 is 0. The van der Waals surface area contributed by atoms with E-state index in [2.05, 4.69) is 86.3 Å². The van der Waals surface area contributed by atoms with Crippen LogP contribution in [0.3, 0.4) is 0 Å². The van der Waals surface area contributed by atoms with Gasteiger partial charge in [0.05, 0.1) is 6.67 Å². The van der Waals surface area contributed by atoms with E-state index in [1.165, 1.54) is 33.6 Å².